The van der Waals surface area contributed by atoms with Gasteiger partial charge in [-0.1, -0.05) is 36.6 Å². The molecule has 0 saturated heterocycles. The van der Waals surface area contributed by atoms with E-state index in [9.17, 15) is 13.2 Å². The summed E-state index contributed by atoms with van der Waals surface area (Å²) in [6.07, 6.45) is 4.21. The molecule has 0 radical (unpaired) electrons. The summed E-state index contributed by atoms with van der Waals surface area (Å²) in [6.45, 7) is 5.73. The van der Waals surface area contributed by atoms with Gasteiger partial charge in [0.2, 0.25) is 0 Å². The summed E-state index contributed by atoms with van der Waals surface area (Å²) in [6, 6.07) is 10.3. The van der Waals surface area contributed by atoms with Gasteiger partial charge in [0, 0.05) is 11.6 Å². The number of hydrogen-bond acceptors (Lipinski definition) is 3. The molecule has 0 bridgehead atoms. The summed E-state index contributed by atoms with van der Waals surface area (Å²) < 4.78 is 28.4. The van der Waals surface area contributed by atoms with E-state index in [1.807, 2.05) is 32.9 Å². The average molecular weight is 387 g/mol. The predicted octanol–water partition coefficient (Wildman–Crippen LogP) is 4.09. The van der Waals surface area contributed by atoms with Crippen LogP contribution >= 0.6 is 0 Å². The maximum absolute atomic E-state index is 12.9. The molecular weight excluding hydrogens is 360 g/mol. The van der Waals surface area contributed by atoms with Crippen LogP contribution in [0.5, 0.6) is 0 Å². The van der Waals surface area contributed by atoms with Crippen LogP contribution in [0.15, 0.2) is 41.3 Å². The highest BCUT2D eigenvalue weighted by molar-refractivity contribution is 7.92. The van der Waals surface area contributed by atoms with E-state index < -0.39 is 10.0 Å². The summed E-state index contributed by atoms with van der Waals surface area (Å²) in [5, 5.41) is 2.99. The van der Waals surface area contributed by atoms with E-state index in [1.54, 1.807) is 12.1 Å². The van der Waals surface area contributed by atoms with E-state index in [2.05, 4.69) is 10.0 Å². The second-order valence-electron chi connectivity index (χ2n) is 7.36. The molecule has 2 aromatic carbocycles. The van der Waals surface area contributed by atoms with Gasteiger partial charge < -0.3 is 5.32 Å². The van der Waals surface area contributed by atoms with Crippen molar-refractivity contribution < 1.29 is 13.2 Å². The van der Waals surface area contributed by atoms with Crippen molar-refractivity contribution in [1.82, 2.24) is 5.32 Å². The molecule has 1 aliphatic carbocycles. The lowest BCUT2D eigenvalue weighted by Crippen LogP contribution is -2.32. The maximum Gasteiger partial charge on any atom is 0.261 e. The number of anilines is 1. The van der Waals surface area contributed by atoms with Crippen LogP contribution in [-0.2, 0) is 10.0 Å². The van der Waals surface area contributed by atoms with Crippen LogP contribution in [-0.4, -0.2) is 20.4 Å². The molecule has 1 amide bonds. The fourth-order valence-electron chi connectivity index (χ4n) is 3.68. The first-order chi connectivity index (χ1) is 12.8. The molecule has 3 rings (SSSR count). The number of carbonyl (C=O) groups excluding carboxylic acids is 1. The summed E-state index contributed by atoms with van der Waals surface area (Å²) in [5.74, 6) is -0.221. The summed E-state index contributed by atoms with van der Waals surface area (Å²) >= 11 is 0. The largest absolute Gasteiger partial charge is 0.349 e. The van der Waals surface area contributed by atoms with Crippen molar-refractivity contribution in [2.75, 3.05) is 4.72 Å². The number of amides is 1. The maximum atomic E-state index is 12.9. The number of hydrogen-bond donors (Lipinski definition) is 2. The molecule has 0 spiro atoms. The molecule has 1 aliphatic rings. The number of carbonyl (C=O) groups is 1. The molecule has 0 unspecified atom stereocenters. The Hall–Kier alpha value is -2.34. The Kier molecular flexibility index (Phi) is 5.56. The van der Waals surface area contributed by atoms with E-state index in [4.69, 9.17) is 0 Å². The average Bonchev–Trinajstić information content (AvgIpc) is 3.11. The minimum atomic E-state index is -3.78. The van der Waals surface area contributed by atoms with E-state index in [1.165, 1.54) is 12.1 Å². The van der Waals surface area contributed by atoms with E-state index >= 15 is 0 Å². The van der Waals surface area contributed by atoms with Crippen LogP contribution in [0.1, 0.15) is 52.7 Å². The molecule has 0 atom stereocenters. The van der Waals surface area contributed by atoms with Gasteiger partial charge in [0.1, 0.15) is 0 Å². The van der Waals surface area contributed by atoms with Crippen molar-refractivity contribution in [3.63, 3.8) is 0 Å². The zero-order valence-electron chi connectivity index (χ0n) is 16.0. The summed E-state index contributed by atoms with van der Waals surface area (Å²) in [4.78, 5) is 12.5. The number of aryl methyl sites for hydroxylation is 3. The third-order valence-corrected chi connectivity index (χ3v) is 6.36. The Bertz CT molecular complexity index is 938. The lowest BCUT2D eigenvalue weighted by Gasteiger charge is -2.15. The number of rotatable bonds is 5. The highest BCUT2D eigenvalue weighted by Crippen LogP contribution is 2.25. The van der Waals surface area contributed by atoms with Crippen LogP contribution in [0.3, 0.4) is 0 Å². The Morgan fingerprint density at radius 3 is 2.26 bits per heavy atom. The first kappa shape index (κ1) is 19.4. The van der Waals surface area contributed by atoms with Crippen molar-refractivity contribution in [3.8, 4) is 0 Å². The van der Waals surface area contributed by atoms with Crippen molar-refractivity contribution in [3.05, 3.63) is 58.7 Å². The quantitative estimate of drug-likeness (QED) is 0.813. The van der Waals surface area contributed by atoms with E-state index in [0.717, 1.165) is 42.4 Å². The standard InChI is InChI=1S/C21H26N2O3S/c1-14-11-15(2)20(16(3)12-14)23-27(25,26)19-10-6-7-17(13-19)21(24)22-18-8-4-5-9-18/h6-7,10-13,18,23H,4-5,8-9H2,1-3H3,(H,22,24). The second-order valence-corrected chi connectivity index (χ2v) is 9.04. The Morgan fingerprint density at radius 1 is 1.00 bits per heavy atom. The third-order valence-electron chi connectivity index (χ3n) is 5.01. The molecule has 0 aliphatic heterocycles. The predicted molar refractivity (Wildman–Crippen MR) is 108 cm³/mol. The third kappa shape index (κ3) is 4.50. The fraction of sp³-hybridized carbons (Fsp3) is 0.381. The first-order valence-corrected chi connectivity index (χ1v) is 10.8. The first-order valence-electron chi connectivity index (χ1n) is 9.28. The van der Waals surface area contributed by atoms with Crippen LogP contribution in [0.25, 0.3) is 0 Å². The molecule has 144 valence electrons. The van der Waals surface area contributed by atoms with Gasteiger partial charge in [0.15, 0.2) is 0 Å². The van der Waals surface area contributed by atoms with E-state index in [0.29, 0.717) is 11.3 Å². The lowest BCUT2D eigenvalue weighted by atomic mass is 10.1. The van der Waals surface area contributed by atoms with E-state index in [-0.39, 0.29) is 16.8 Å². The Balaban J connectivity index is 1.84. The number of nitrogens with one attached hydrogen (secondary N) is 2. The van der Waals surface area contributed by atoms with Crippen molar-refractivity contribution >= 4 is 21.6 Å². The molecule has 2 aromatic rings. The van der Waals surface area contributed by atoms with Crippen LogP contribution < -0.4 is 10.0 Å². The van der Waals surface area contributed by atoms with Gasteiger partial charge in [0.25, 0.3) is 15.9 Å². The molecule has 1 saturated carbocycles. The second kappa shape index (κ2) is 7.72. The minimum Gasteiger partial charge on any atom is -0.349 e. The topological polar surface area (TPSA) is 75.3 Å². The summed E-state index contributed by atoms with van der Waals surface area (Å²) in [5.41, 5.74) is 3.76. The lowest BCUT2D eigenvalue weighted by molar-refractivity contribution is 0.0937. The van der Waals surface area contributed by atoms with Gasteiger partial charge in [-0.25, -0.2) is 8.42 Å². The molecule has 2 N–H and O–H groups in total. The zero-order valence-corrected chi connectivity index (χ0v) is 16.8. The number of sulfonamides is 1. The van der Waals surface area contributed by atoms with Crippen molar-refractivity contribution in [2.24, 2.45) is 0 Å². The van der Waals surface area contributed by atoms with Crippen LogP contribution in [0, 0.1) is 20.8 Å². The number of benzene rings is 2. The van der Waals surface area contributed by atoms with Gasteiger partial charge in [0.05, 0.1) is 10.6 Å². The molecule has 0 aromatic heterocycles. The molecule has 0 heterocycles. The minimum absolute atomic E-state index is 0.0842. The SMILES string of the molecule is Cc1cc(C)c(NS(=O)(=O)c2cccc(C(=O)NC3CCCC3)c2)c(C)c1. The fourth-order valence-corrected chi connectivity index (χ4v) is 4.93. The smallest absolute Gasteiger partial charge is 0.261 e. The summed E-state index contributed by atoms with van der Waals surface area (Å²) in [7, 11) is -3.78. The Labute approximate surface area is 161 Å². The molecule has 6 heteroatoms. The van der Waals surface area contributed by atoms with Gasteiger partial charge in [-0.3, -0.25) is 9.52 Å². The monoisotopic (exact) mass is 386 g/mol. The van der Waals surface area contributed by atoms with Crippen molar-refractivity contribution in [1.29, 1.82) is 0 Å². The normalized spacial score (nSPS) is 14.9. The zero-order chi connectivity index (χ0) is 19.6. The van der Waals surface area contributed by atoms with Crippen LogP contribution in [0.2, 0.25) is 0 Å². The van der Waals surface area contributed by atoms with Gasteiger partial charge in [-0.2, -0.15) is 0 Å². The molecule has 27 heavy (non-hydrogen) atoms. The van der Waals surface area contributed by atoms with Crippen molar-refractivity contribution in [2.45, 2.75) is 57.4 Å². The highest BCUT2D eigenvalue weighted by Gasteiger charge is 2.21. The van der Waals surface area contributed by atoms with Gasteiger partial charge in [-0.15, -0.1) is 0 Å². The van der Waals surface area contributed by atoms with Gasteiger partial charge in [-0.05, 0) is 62.9 Å². The van der Waals surface area contributed by atoms with Gasteiger partial charge >= 0.3 is 0 Å². The molecular formula is C21H26N2O3S. The molecule has 1 fully saturated rings. The Morgan fingerprint density at radius 2 is 1.63 bits per heavy atom. The highest BCUT2D eigenvalue weighted by atomic mass is 32.2. The van der Waals surface area contributed by atoms with Crippen LogP contribution in [0.4, 0.5) is 5.69 Å². The molecule has 5 nitrogen and oxygen atoms in total.